The molecule has 0 radical (unpaired) electrons. The molecular formula is C8H8F2N2O4. The van der Waals surface area contributed by atoms with Gasteiger partial charge in [0.1, 0.15) is 6.61 Å². The Morgan fingerprint density at radius 1 is 1.69 bits per heavy atom. The fourth-order valence-corrected chi connectivity index (χ4v) is 1.17. The molecule has 6 nitrogen and oxygen atoms in total. The molecule has 0 fully saturated rings. The van der Waals surface area contributed by atoms with E-state index in [9.17, 15) is 18.9 Å². The van der Waals surface area contributed by atoms with Gasteiger partial charge in [0.05, 0.1) is 12.7 Å². The van der Waals surface area contributed by atoms with Crippen LogP contribution in [0, 0.1) is 10.1 Å². The molecule has 0 saturated carbocycles. The second-order valence-electron chi connectivity index (χ2n) is 2.78. The van der Waals surface area contributed by atoms with Gasteiger partial charge < -0.3 is 20.0 Å². The van der Waals surface area contributed by atoms with Crippen LogP contribution < -0.4 is 4.74 Å². The molecule has 0 saturated heterocycles. The van der Waals surface area contributed by atoms with E-state index >= 15 is 0 Å². The number of aliphatic hydroxyl groups excluding tert-OH is 1. The van der Waals surface area contributed by atoms with Gasteiger partial charge in [-0.3, -0.25) is 0 Å². The van der Waals surface area contributed by atoms with Crippen LogP contribution >= 0.6 is 0 Å². The molecule has 0 aliphatic carbocycles. The van der Waals surface area contributed by atoms with Crippen LogP contribution in [0.15, 0.2) is 6.07 Å². The summed E-state index contributed by atoms with van der Waals surface area (Å²) >= 11 is 0. The SMILES string of the molecule is COc1c(C(F)F)cc(CO)nc1[N+](=O)[O-]. The highest BCUT2D eigenvalue weighted by molar-refractivity contribution is 5.48. The number of hydrogen-bond donors (Lipinski definition) is 1. The smallest absolute Gasteiger partial charge is 0.407 e. The van der Waals surface area contributed by atoms with Crippen LogP contribution in [0.2, 0.25) is 0 Å². The lowest BCUT2D eigenvalue weighted by Crippen LogP contribution is -2.04. The average Bonchev–Trinajstić information content (AvgIpc) is 2.26. The molecule has 0 aliphatic heterocycles. The quantitative estimate of drug-likeness (QED) is 0.629. The third-order valence-corrected chi connectivity index (χ3v) is 1.81. The lowest BCUT2D eigenvalue weighted by Gasteiger charge is -2.07. The van der Waals surface area contributed by atoms with E-state index in [-0.39, 0.29) is 5.69 Å². The van der Waals surface area contributed by atoms with Crippen LogP contribution in [-0.4, -0.2) is 22.1 Å². The number of hydrogen-bond acceptors (Lipinski definition) is 5. The maximum absolute atomic E-state index is 12.6. The summed E-state index contributed by atoms with van der Waals surface area (Å²) in [5, 5.41) is 19.3. The Labute approximate surface area is 88.6 Å². The first-order chi connectivity index (χ1) is 7.51. The topological polar surface area (TPSA) is 85.5 Å². The zero-order valence-corrected chi connectivity index (χ0v) is 8.18. The monoisotopic (exact) mass is 234 g/mol. The number of nitrogens with zero attached hydrogens (tertiary/aromatic N) is 2. The first-order valence-electron chi connectivity index (χ1n) is 4.12. The largest absolute Gasteiger partial charge is 0.489 e. The van der Waals surface area contributed by atoms with Gasteiger partial charge in [-0.25, -0.2) is 8.78 Å². The van der Waals surface area contributed by atoms with Crippen molar-refractivity contribution >= 4 is 5.82 Å². The summed E-state index contributed by atoms with van der Waals surface area (Å²) in [7, 11) is 1.04. The normalized spacial score (nSPS) is 10.6. The highest BCUT2D eigenvalue weighted by Crippen LogP contribution is 2.35. The van der Waals surface area contributed by atoms with Crippen molar-refractivity contribution in [3.05, 3.63) is 27.4 Å². The van der Waals surface area contributed by atoms with Crippen molar-refractivity contribution < 1.29 is 23.5 Å². The fraction of sp³-hybridized carbons (Fsp3) is 0.375. The molecule has 0 aromatic carbocycles. The van der Waals surface area contributed by atoms with Gasteiger partial charge in [-0.1, -0.05) is 0 Å². The van der Waals surface area contributed by atoms with Crippen molar-refractivity contribution in [1.29, 1.82) is 0 Å². The van der Waals surface area contributed by atoms with Crippen LogP contribution in [0.3, 0.4) is 0 Å². The Hall–Kier alpha value is -1.83. The predicted molar refractivity (Wildman–Crippen MR) is 48.3 cm³/mol. The third-order valence-electron chi connectivity index (χ3n) is 1.81. The fourth-order valence-electron chi connectivity index (χ4n) is 1.17. The number of pyridine rings is 1. The van der Waals surface area contributed by atoms with Gasteiger partial charge in [0.25, 0.3) is 6.43 Å². The first kappa shape index (κ1) is 12.2. The minimum atomic E-state index is -2.94. The average molecular weight is 234 g/mol. The first-order valence-corrected chi connectivity index (χ1v) is 4.12. The van der Waals surface area contributed by atoms with E-state index in [1.807, 2.05) is 0 Å². The summed E-state index contributed by atoms with van der Waals surface area (Å²) in [5.74, 6) is -1.42. The van der Waals surface area contributed by atoms with Gasteiger partial charge in [0, 0.05) is 6.07 Å². The molecule has 16 heavy (non-hydrogen) atoms. The summed E-state index contributed by atoms with van der Waals surface area (Å²) in [5.41, 5.74) is -0.865. The third kappa shape index (κ3) is 2.22. The van der Waals surface area contributed by atoms with Crippen molar-refractivity contribution in [2.45, 2.75) is 13.0 Å². The molecule has 0 amide bonds. The molecule has 8 heteroatoms. The zero-order valence-electron chi connectivity index (χ0n) is 8.18. The van der Waals surface area contributed by atoms with Crippen LogP contribution in [0.5, 0.6) is 5.75 Å². The van der Waals surface area contributed by atoms with Gasteiger partial charge in [-0.05, 0) is 9.91 Å². The minimum Gasteiger partial charge on any atom is -0.489 e. The predicted octanol–water partition coefficient (Wildman–Crippen LogP) is 1.43. The molecule has 0 atom stereocenters. The molecule has 1 heterocycles. The molecular weight excluding hydrogens is 226 g/mol. The van der Waals surface area contributed by atoms with Crippen LogP contribution in [0.25, 0.3) is 0 Å². The van der Waals surface area contributed by atoms with Gasteiger partial charge >= 0.3 is 5.82 Å². The number of aromatic nitrogens is 1. The lowest BCUT2D eigenvalue weighted by atomic mass is 10.2. The number of rotatable bonds is 4. The van der Waals surface area contributed by atoms with Gasteiger partial charge in [-0.15, -0.1) is 0 Å². The van der Waals surface area contributed by atoms with Gasteiger partial charge in [0.2, 0.25) is 5.75 Å². The van der Waals surface area contributed by atoms with Crippen LogP contribution in [-0.2, 0) is 6.61 Å². The highest BCUT2D eigenvalue weighted by Gasteiger charge is 2.27. The van der Waals surface area contributed by atoms with Crippen molar-refractivity contribution in [2.24, 2.45) is 0 Å². The number of aliphatic hydroxyl groups is 1. The highest BCUT2D eigenvalue weighted by atomic mass is 19.3. The van der Waals surface area contributed by atoms with Crippen molar-refractivity contribution in [3.63, 3.8) is 0 Å². The Balaban J connectivity index is 3.46. The minimum absolute atomic E-state index is 0.206. The summed E-state index contributed by atoms with van der Waals surface area (Å²) in [6.45, 7) is -0.662. The zero-order chi connectivity index (χ0) is 12.3. The molecule has 88 valence electrons. The number of alkyl halides is 2. The van der Waals surface area contributed by atoms with E-state index in [0.717, 1.165) is 13.2 Å². The maximum Gasteiger partial charge on any atom is 0.407 e. The van der Waals surface area contributed by atoms with E-state index in [1.54, 1.807) is 0 Å². The van der Waals surface area contributed by atoms with E-state index in [0.29, 0.717) is 0 Å². The molecule has 1 N–H and O–H groups in total. The molecule has 0 bridgehead atoms. The van der Waals surface area contributed by atoms with Crippen molar-refractivity contribution in [1.82, 2.24) is 4.98 Å². The Bertz CT molecular complexity index is 411. The van der Waals surface area contributed by atoms with E-state index in [2.05, 4.69) is 9.72 Å². The van der Waals surface area contributed by atoms with Crippen molar-refractivity contribution in [3.8, 4) is 5.75 Å². The Morgan fingerprint density at radius 2 is 2.31 bits per heavy atom. The molecule has 1 aromatic rings. The molecule has 0 aliphatic rings. The number of halogens is 2. The van der Waals surface area contributed by atoms with Crippen LogP contribution in [0.1, 0.15) is 17.7 Å². The molecule has 0 unspecified atom stereocenters. The summed E-state index contributed by atoms with van der Waals surface area (Å²) in [6.07, 6.45) is -2.94. The van der Waals surface area contributed by atoms with Crippen LogP contribution in [0.4, 0.5) is 14.6 Å². The van der Waals surface area contributed by atoms with Gasteiger partial charge in [-0.2, -0.15) is 0 Å². The van der Waals surface area contributed by atoms with Gasteiger partial charge in [0.15, 0.2) is 5.69 Å². The Kier molecular flexibility index (Phi) is 3.67. The van der Waals surface area contributed by atoms with Crippen molar-refractivity contribution in [2.75, 3.05) is 7.11 Å². The van der Waals surface area contributed by atoms with E-state index in [1.165, 1.54) is 0 Å². The summed E-state index contributed by atoms with van der Waals surface area (Å²) in [6, 6.07) is 0.872. The molecule has 1 aromatic heterocycles. The number of methoxy groups -OCH3 is 1. The van der Waals surface area contributed by atoms with E-state index in [4.69, 9.17) is 5.11 Å². The summed E-state index contributed by atoms with van der Waals surface area (Å²) < 4.78 is 29.7. The molecule has 1 rings (SSSR count). The Morgan fingerprint density at radius 3 is 2.69 bits per heavy atom. The second-order valence-corrected chi connectivity index (χ2v) is 2.78. The second kappa shape index (κ2) is 4.79. The van der Waals surface area contributed by atoms with E-state index < -0.39 is 35.1 Å². The number of ether oxygens (including phenoxy) is 1. The molecule has 0 spiro atoms. The maximum atomic E-state index is 12.6. The lowest BCUT2D eigenvalue weighted by molar-refractivity contribution is -0.390. The standard InChI is InChI=1S/C8H8F2N2O4/c1-16-6-5(7(9)10)2-4(3-13)11-8(6)12(14)15/h2,7,13H,3H2,1H3. The summed E-state index contributed by atoms with van der Waals surface area (Å²) in [4.78, 5) is 13.0. The number of nitro groups is 1.